The highest BCUT2D eigenvalue weighted by Gasteiger charge is 2.13. The van der Waals surface area contributed by atoms with Gasteiger partial charge in [-0.3, -0.25) is 9.59 Å². The van der Waals surface area contributed by atoms with E-state index in [1.54, 1.807) is 48.5 Å². The number of hydrogen-bond donors (Lipinski definition) is 2. The molecular formula is C35H34ClN5O5. The lowest BCUT2D eigenvalue weighted by molar-refractivity contribution is -0.118. The maximum absolute atomic E-state index is 12.7. The third kappa shape index (κ3) is 8.16. The summed E-state index contributed by atoms with van der Waals surface area (Å²) in [6.07, 6.45) is 1.44. The molecule has 10 nitrogen and oxygen atoms in total. The van der Waals surface area contributed by atoms with Gasteiger partial charge in [-0.2, -0.15) is 5.10 Å². The first kappa shape index (κ1) is 31.9. The SMILES string of the molecule is Cc1ccc(C)n1-c1ccc(OCc2ccc(C(=O)N/N=C/c3ccc(N(C)C)cc3OCC(=O)Nc3ccc(Cl)cc3)o2)cc1. The molecule has 0 fully saturated rings. The zero-order valence-corrected chi connectivity index (χ0v) is 26.7. The number of benzene rings is 3. The standard InChI is InChI=1S/C35H34ClN5O5/c1-23-5-6-24(2)41(23)28-13-15-30(16-14-28)44-21-31-17-18-32(46-31)35(43)39-37-20-25-7-12-29(40(3)4)19-33(25)45-22-34(42)38-27-10-8-26(36)9-11-27/h5-20H,21-22H2,1-4H3,(H,38,42)(H,39,43)/b37-20+. The highest BCUT2D eigenvalue weighted by atomic mass is 35.5. The number of aryl methyl sites for hydroxylation is 2. The van der Waals surface area contributed by atoms with Gasteiger partial charge in [0.2, 0.25) is 0 Å². The predicted molar refractivity (Wildman–Crippen MR) is 180 cm³/mol. The molecule has 0 saturated carbocycles. The van der Waals surface area contributed by atoms with E-state index in [1.165, 1.54) is 6.21 Å². The van der Waals surface area contributed by atoms with E-state index >= 15 is 0 Å². The van der Waals surface area contributed by atoms with Gasteiger partial charge in [0.25, 0.3) is 5.91 Å². The first-order chi connectivity index (χ1) is 22.2. The molecule has 0 saturated heterocycles. The Balaban J connectivity index is 1.16. The lowest BCUT2D eigenvalue weighted by Gasteiger charge is -2.16. The van der Waals surface area contributed by atoms with Crippen LogP contribution in [0.25, 0.3) is 5.69 Å². The lowest BCUT2D eigenvalue weighted by Crippen LogP contribution is -2.21. The van der Waals surface area contributed by atoms with Crippen LogP contribution in [0.3, 0.4) is 0 Å². The van der Waals surface area contributed by atoms with Gasteiger partial charge in [-0.25, -0.2) is 5.43 Å². The normalized spacial score (nSPS) is 11.0. The Morgan fingerprint density at radius 3 is 2.33 bits per heavy atom. The second-order valence-corrected chi connectivity index (χ2v) is 11.1. The minimum atomic E-state index is -0.529. The Hall–Kier alpha value is -5.48. The highest BCUT2D eigenvalue weighted by molar-refractivity contribution is 6.30. The van der Waals surface area contributed by atoms with E-state index in [9.17, 15) is 9.59 Å². The molecule has 236 valence electrons. The lowest BCUT2D eigenvalue weighted by atomic mass is 10.2. The van der Waals surface area contributed by atoms with E-state index in [4.69, 9.17) is 25.5 Å². The van der Waals surface area contributed by atoms with Gasteiger partial charge < -0.3 is 28.7 Å². The van der Waals surface area contributed by atoms with E-state index in [0.717, 1.165) is 22.8 Å². The number of carbonyl (C=O) groups excluding carboxylic acids is 2. The molecule has 5 aromatic rings. The summed E-state index contributed by atoms with van der Waals surface area (Å²) >= 11 is 5.91. The number of halogens is 1. The summed E-state index contributed by atoms with van der Waals surface area (Å²) < 4.78 is 19.5. The van der Waals surface area contributed by atoms with Gasteiger partial charge in [0.15, 0.2) is 12.4 Å². The first-order valence-corrected chi connectivity index (χ1v) is 14.8. The maximum Gasteiger partial charge on any atom is 0.307 e. The molecule has 0 spiro atoms. The van der Waals surface area contributed by atoms with E-state index in [0.29, 0.717) is 33.5 Å². The Morgan fingerprint density at radius 1 is 0.913 bits per heavy atom. The number of ether oxygens (including phenoxy) is 2. The topological polar surface area (TPSA) is 110 Å². The largest absolute Gasteiger partial charge is 0.486 e. The zero-order chi connectivity index (χ0) is 32.6. The van der Waals surface area contributed by atoms with Gasteiger partial charge in [-0.05, 0) is 98.8 Å². The molecule has 2 N–H and O–H groups in total. The summed E-state index contributed by atoms with van der Waals surface area (Å²) in [6, 6.07) is 27.4. The molecule has 0 atom stereocenters. The van der Waals surface area contributed by atoms with Crippen molar-refractivity contribution in [1.29, 1.82) is 0 Å². The predicted octanol–water partition coefficient (Wildman–Crippen LogP) is 6.77. The van der Waals surface area contributed by atoms with Crippen LogP contribution in [0.2, 0.25) is 5.02 Å². The van der Waals surface area contributed by atoms with E-state index in [-0.39, 0.29) is 24.9 Å². The summed E-state index contributed by atoms with van der Waals surface area (Å²) in [4.78, 5) is 27.1. The van der Waals surface area contributed by atoms with E-state index in [1.807, 2.05) is 49.3 Å². The van der Waals surface area contributed by atoms with Crippen molar-refractivity contribution in [3.63, 3.8) is 0 Å². The summed E-state index contributed by atoms with van der Waals surface area (Å²) in [5.74, 6) is 0.799. The Kier molecular flexibility index (Phi) is 10.1. The third-order valence-electron chi connectivity index (χ3n) is 7.00. The van der Waals surface area contributed by atoms with Gasteiger partial charge >= 0.3 is 5.91 Å². The van der Waals surface area contributed by atoms with Gasteiger partial charge in [-0.15, -0.1) is 0 Å². The fraction of sp³-hybridized carbons (Fsp3) is 0.171. The van der Waals surface area contributed by atoms with Gasteiger partial charge in [-0.1, -0.05) is 11.6 Å². The van der Waals surface area contributed by atoms with Gasteiger partial charge in [0.05, 0.1) is 6.21 Å². The number of hydrazone groups is 1. The molecule has 46 heavy (non-hydrogen) atoms. The number of hydrogen-bond acceptors (Lipinski definition) is 7. The molecule has 5 rings (SSSR count). The van der Waals surface area contributed by atoms with Crippen molar-refractivity contribution in [2.24, 2.45) is 5.10 Å². The Labute approximate surface area is 272 Å². The van der Waals surface area contributed by atoms with Crippen LogP contribution < -0.4 is 25.1 Å². The van der Waals surface area contributed by atoms with Crippen LogP contribution in [0.1, 0.15) is 33.3 Å². The Bertz CT molecular complexity index is 1820. The first-order valence-electron chi connectivity index (χ1n) is 14.5. The quantitative estimate of drug-likeness (QED) is 0.115. The smallest absolute Gasteiger partial charge is 0.307 e. The van der Waals surface area contributed by atoms with Crippen LogP contribution in [-0.2, 0) is 11.4 Å². The second-order valence-electron chi connectivity index (χ2n) is 10.7. The average molecular weight is 640 g/mol. The fourth-order valence-electron chi connectivity index (χ4n) is 4.62. The molecule has 2 heterocycles. The van der Waals surface area contributed by atoms with Gasteiger partial charge in [0.1, 0.15) is 23.9 Å². The van der Waals surface area contributed by atoms with Crippen LogP contribution in [-0.4, -0.2) is 43.3 Å². The second kappa shape index (κ2) is 14.5. The number of anilines is 2. The molecule has 11 heteroatoms. The van der Waals surface area contributed by atoms with E-state index < -0.39 is 5.91 Å². The number of nitrogens with one attached hydrogen (secondary N) is 2. The van der Waals surface area contributed by atoms with Crippen LogP contribution in [0.5, 0.6) is 11.5 Å². The van der Waals surface area contributed by atoms with Crippen LogP contribution in [0.4, 0.5) is 11.4 Å². The Morgan fingerprint density at radius 2 is 1.63 bits per heavy atom. The summed E-state index contributed by atoms with van der Waals surface area (Å²) in [6.45, 7) is 4.05. The molecule has 2 aromatic heterocycles. The number of rotatable bonds is 12. The number of carbonyl (C=O) groups is 2. The minimum Gasteiger partial charge on any atom is -0.486 e. The number of nitrogens with zero attached hydrogens (tertiary/aromatic N) is 3. The van der Waals surface area contributed by atoms with Crippen molar-refractivity contribution < 1.29 is 23.5 Å². The molecule has 3 aromatic carbocycles. The summed E-state index contributed by atoms with van der Waals surface area (Å²) in [7, 11) is 3.79. The van der Waals surface area contributed by atoms with Crippen LogP contribution in [0, 0.1) is 13.8 Å². The number of amides is 2. The molecule has 0 unspecified atom stereocenters. The number of aromatic nitrogens is 1. The maximum atomic E-state index is 12.7. The van der Waals surface area contributed by atoms with Crippen molar-refractivity contribution >= 4 is 41.0 Å². The molecule has 2 amide bonds. The third-order valence-corrected chi connectivity index (χ3v) is 7.25. The molecular weight excluding hydrogens is 606 g/mol. The fourth-order valence-corrected chi connectivity index (χ4v) is 4.75. The van der Waals surface area contributed by atoms with E-state index in [2.05, 4.69) is 46.4 Å². The van der Waals surface area contributed by atoms with Crippen molar-refractivity contribution in [2.75, 3.05) is 30.9 Å². The van der Waals surface area contributed by atoms with Crippen LogP contribution >= 0.6 is 11.6 Å². The molecule has 0 aliphatic heterocycles. The summed E-state index contributed by atoms with van der Waals surface area (Å²) in [5.41, 5.74) is 7.86. The van der Waals surface area contributed by atoms with Crippen molar-refractivity contribution in [2.45, 2.75) is 20.5 Å². The monoisotopic (exact) mass is 639 g/mol. The molecule has 0 aliphatic carbocycles. The highest BCUT2D eigenvalue weighted by Crippen LogP contribution is 2.25. The van der Waals surface area contributed by atoms with Crippen molar-refractivity contribution in [3.8, 4) is 17.2 Å². The average Bonchev–Trinajstić information content (AvgIpc) is 3.66. The van der Waals surface area contributed by atoms with Crippen LogP contribution in [0.15, 0.2) is 101 Å². The van der Waals surface area contributed by atoms with Crippen molar-refractivity contribution in [1.82, 2.24) is 9.99 Å². The molecule has 0 aliphatic rings. The number of furan rings is 1. The molecule has 0 bridgehead atoms. The van der Waals surface area contributed by atoms with Crippen molar-refractivity contribution in [3.05, 3.63) is 124 Å². The summed E-state index contributed by atoms with van der Waals surface area (Å²) in [5, 5.41) is 7.41. The zero-order valence-electron chi connectivity index (χ0n) is 25.9. The van der Waals surface area contributed by atoms with Gasteiger partial charge in [0, 0.05) is 59.2 Å². The minimum absolute atomic E-state index is 0.0861. The molecule has 0 radical (unpaired) electrons.